The largest absolute Gasteiger partial charge is 0.503 e. The van der Waals surface area contributed by atoms with Gasteiger partial charge in [-0.25, -0.2) is 0 Å². The fourth-order valence-corrected chi connectivity index (χ4v) is 4.91. The lowest BCUT2D eigenvalue weighted by molar-refractivity contribution is -0.117. The molecular formula is C29H23NO8. The summed E-state index contributed by atoms with van der Waals surface area (Å²) in [6.07, 6.45) is 0. The Labute approximate surface area is 217 Å². The fourth-order valence-electron chi connectivity index (χ4n) is 4.91. The van der Waals surface area contributed by atoms with Crippen LogP contribution in [0.4, 0.5) is 5.69 Å². The Hall–Kier alpha value is -4.92. The first kappa shape index (κ1) is 23.5. The number of ether oxygens (including phenoxy) is 4. The lowest BCUT2D eigenvalue weighted by atomic mass is 9.94. The van der Waals surface area contributed by atoms with Crippen molar-refractivity contribution < 1.29 is 38.1 Å². The second-order valence-electron chi connectivity index (χ2n) is 8.73. The molecule has 1 aromatic heterocycles. The highest BCUT2D eigenvalue weighted by atomic mass is 16.6. The van der Waals surface area contributed by atoms with E-state index in [1.807, 2.05) is 0 Å². The Morgan fingerprint density at radius 1 is 0.921 bits per heavy atom. The molecule has 9 heteroatoms. The average molecular weight is 514 g/mol. The molecule has 0 radical (unpaired) electrons. The number of benzene rings is 3. The van der Waals surface area contributed by atoms with Crippen molar-refractivity contribution in [3.05, 3.63) is 89.4 Å². The van der Waals surface area contributed by atoms with Gasteiger partial charge < -0.3 is 28.5 Å². The maximum absolute atomic E-state index is 13.9. The van der Waals surface area contributed by atoms with Crippen LogP contribution in [-0.4, -0.2) is 44.2 Å². The Bertz CT molecular complexity index is 1620. The molecule has 2 aliphatic heterocycles. The number of hydrogen-bond donors (Lipinski definition) is 1. The fraction of sp³-hybridized carbons (Fsp3) is 0.172. The summed E-state index contributed by atoms with van der Waals surface area (Å²) >= 11 is 0. The number of nitrogens with zero attached hydrogens (tertiary/aromatic N) is 1. The molecule has 9 nitrogen and oxygen atoms in total. The number of ketones is 1. The van der Waals surface area contributed by atoms with Gasteiger partial charge in [-0.3, -0.25) is 14.5 Å². The molecule has 1 N–H and O–H groups in total. The Kier molecular flexibility index (Phi) is 5.68. The minimum Gasteiger partial charge on any atom is -0.503 e. The number of anilines is 1. The summed E-state index contributed by atoms with van der Waals surface area (Å²) in [5.74, 6) is -0.176. The number of para-hydroxylation sites is 2. The zero-order valence-electron chi connectivity index (χ0n) is 20.6. The predicted octanol–water partition coefficient (Wildman–Crippen LogP) is 5.00. The Morgan fingerprint density at radius 2 is 1.66 bits per heavy atom. The number of rotatable bonds is 6. The highest BCUT2D eigenvalue weighted by molar-refractivity contribution is 6.21. The number of hydrogen-bond acceptors (Lipinski definition) is 8. The van der Waals surface area contributed by atoms with Gasteiger partial charge in [0.1, 0.15) is 19.0 Å². The number of aliphatic hydroxyl groups is 1. The average Bonchev–Trinajstić information content (AvgIpc) is 3.51. The number of Topliss-reactive ketones (excluding diaryl/α,β-unsaturated/α-hetero) is 1. The van der Waals surface area contributed by atoms with Crippen LogP contribution in [0.3, 0.4) is 0 Å². The lowest BCUT2D eigenvalue weighted by Gasteiger charge is -2.29. The molecule has 192 valence electrons. The normalized spacial score (nSPS) is 16.7. The molecule has 0 saturated carbocycles. The molecule has 1 amide bonds. The highest BCUT2D eigenvalue weighted by Gasteiger charge is 2.46. The molecule has 0 aliphatic carbocycles. The van der Waals surface area contributed by atoms with Crippen molar-refractivity contribution in [2.45, 2.75) is 6.04 Å². The van der Waals surface area contributed by atoms with Crippen LogP contribution < -0.4 is 23.8 Å². The zero-order valence-corrected chi connectivity index (χ0v) is 20.6. The van der Waals surface area contributed by atoms with Crippen molar-refractivity contribution in [2.24, 2.45) is 0 Å². The second-order valence-corrected chi connectivity index (χ2v) is 8.73. The molecule has 0 fully saturated rings. The summed E-state index contributed by atoms with van der Waals surface area (Å²) in [6.45, 7) is 0.783. The van der Waals surface area contributed by atoms with E-state index in [-0.39, 0.29) is 11.3 Å². The van der Waals surface area contributed by atoms with Gasteiger partial charge in [-0.2, -0.15) is 0 Å². The van der Waals surface area contributed by atoms with Gasteiger partial charge in [0.2, 0.25) is 5.78 Å². The number of aliphatic hydroxyl groups excluding tert-OH is 1. The van der Waals surface area contributed by atoms with Gasteiger partial charge in [0.25, 0.3) is 5.91 Å². The van der Waals surface area contributed by atoms with Crippen LogP contribution in [0, 0.1) is 0 Å². The molecule has 0 saturated heterocycles. The summed E-state index contributed by atoms with van der Waals surface area (Å²) in [7, 11) is 3.01. The summed E-state index contributed by atoms with van der Waals surface area (Å²) in [5.41, 5.74) is 1.18. The van der Waals surface area contributed by atoms with E-state index in [1.165, 1.54) is 19.1 Å². The number of carbonyl (C=O) groups is 2. The number of furan rings is 1. The zero-order chi connectivity index (χ0) is 26.4. The van der Waals surface area contributed by atoms with Gasteiger partial charge in [-0.05, 0) is 30.3 Å². The van der Waals surface area contributed by atoms with Crippen molar-refractivity contribution in [3.63, 3.8) is 0 Å². The first-order valence-electron chi connectivity index (χ1n) is 11.9. The van der Waals surface area contributed by atoms with E-state index in [9.17, 15) is 14.7 Å². The Morgan fingerprint density at radius 3 is 2.45 bits per heavy atom. The number of methoxy groups -OCH3 is 2. The van der Waals surface area contributed by atoms with E-state index >= 15 is 0 Å². The van der Waals surface area contributed by atoms with Crippen molar-refractivity contribution in [1.82, 2.24) is 0 Å². The van der Waals surface area contributed by atoms with Crippen molar-refractivity contribution in [2.75, 3.05) is 32.3 Å². The topological polar surface area (TPSA) is 108 Å². The van der Waals surface area contributed by atoms with E-state index < -0.39 is 23.5 Å². The summed E-state index contributed by atoms with van der Waals surface area (Å²) in [5, 5.41) is 11.8. The lowest BCUT2D eigenvalue weighted by Crippen LogP contribution is -2.31. The van der Waals surface area contributed by atoms with Crippen LogP contribution in [0.5, 0.6) is 23.0 Å². The molecule has 0 bridgehead atoms. The maximum atomic E-state index is 13.9. The second kappa shape index (κ2) is 9.19. The quantitative estimate of drug-likeness (QED) is 0.359. The van der Waals surface area contributed by atoms with E-state index in [1.54, 1.807) is 66.7 Å². The third kappa shape index (κ3) is 3.62. The number of fused-ring (bicyclic) bond motifs is 2. The molecule has 38 heavy (non-hydrogen) atoms. The predicted molar refractivity (Wildman–Crippen MR) is 137 cm³/mol. The van der Waals surface area contributed by atoms with Crippen LogP contribution in [0.15, 0.2) is 82.5 Å². The first-order valence-corrected chi connectivity index (χ1v) is 11.9. The van der Waals surface area contributed by atoms with E-state index in [2.05, 4.69) is 0 Å². The minimum absolute atomic E-state index is 0.0391. The van der Waals surface area contributed by atoms with Crippen molar-refractivity contribution >= 4 is 28.3 Å². The minimum atomic E-state index is -1.01. The molecule has 3 aromatic carbocycles. The van der Waals surface area contributed by atoms with E-state index in [0.29, 0.717) is 58.4 Å². The maximum Gasteiger partial charge on any atom is 0.294 e. The molecule has 1 atom stereocenters. The van der Waals surface area contributed by atoms with E-state index in [4.69, 9.17) is 23.4 Å². The highest BCUT2D eigenvalue weighted by Crippen LogP contribution is 2.47. The molecule has 6 rings (SSSR count). The summed E-state index contributed by atoms with van der Waals surface area (Å²) in [6, 6.07) is 17.9. The monoisotopic (exact) mass is 513 g/mol. The van der Waals surface area contributed by atoms with Gasteiger partial charge in [0, 0.05) is 22.7 Å². The number of amides is 1. The number of carbonyl (C=O) groups excluding carboxylic acids is 2. The van der Waals surface area contributed by atoms with Crippen LogP contribution in [0.25, 0.3) is 11.0 Å². The van der Waals surface area contributed by atoms with Gasteiger partial charge in [-0.1, -0.05) is 30.3 Å². The summed E-state index contributed by atoms with van der Waals surface area (Å²) in [4.78, 5) is 28.9. The van der Waals surface area contributed by atoms with Gasteiger partial charge >= 0.3 is 0 Å². The third-order valence-electron chi connectivity index (χ3n) is 6.64. The van der Waals surface area contributed by atoms with Gasteiger partial charge in [-0.15, -0.1) is 0 Å². The summed E-state index contributed by atoms with van der Waals surface area (Å²) < 4.78 is 28.2. The Balaban J connectivity index is 1.51. The van der Waals surface area contributed by atoms with E-state index in [0.717, 1.165) is 0 Å². The van der Waals surface area contributed by atoms with Crippen LogP contribution in [0.1, 0.15) is 22.2 Å². The molecule has 4 aromatic rings. The molecule has 0 spiro atoms. The molecule has 1 unspecified atom stereocenters. The molecule has 3 heterocycles. The van der Waals surface area contributed by atoms with Crippen molar-refractivity contribution in [1.29, 1.82) is 0 Å². The van der Waals surface area contributed by atoms with Crippen molar-refractivity contribution in [3.8, 4) is 23.0 Å². The molecule has 2 aliphatic rings. The molecular weight excluding hydrogens is 490 g/mol. The van der Waals surface area contributed by atoms with Crippen LogP contribution in [-0.2, 0) is 4.79 Å². The SMILES string of the molecule is COc1ccccc1C1C(C(=O)c2cc3cccc(OC)c3o2)=C(O)C(=O)N1c1ccc2c(c1)OCCO2. The van der Waals surface area contributed by atoms with Gasteiger partial charge in [0.15, 0.2) is 34.4 Å². The third-order valence-corrected chi connectivity index (χ3v) is 6.64. The first-order chi connectivity index (χ1) is 18.5. The standard InChI is InChI=1S/C29H23NO8/c1-34-19-8-4-3-7-18(19)25-24(26(31)23-14-16-6-5-9-21(35-2)28(16)38-23)27(32)29(33)30(25)17-10-11-20-22(15-17)37-13-12-36-20/h3-11,14-15,25,32H,12-13H2,1-2H3. The van der Waals surface area contributed by atoms with Crippen LogP contribution >= 0.6 is 0 Å². The smallest absolute Gasteiger partial charge is 0.294 e. The van der Waals surface area contributed by atoms with Gasteiger partial charge in [0.05, 0.1) is 25.8 Å². The van der Waals surface area contributed by atoms with Crippen LogP contribution in [0.2, 0.25) is 0 Å².